The van der Waals surface area contributed by atoms with Gasteiger partial charge in [0.15, 0.2) is 0 Å². The van der Waals surface area contributed by atoms with Gasteiger partial charge in [0, 0.05) is 64.6 Å². The summed E-state index contributed by atoms with van der Waals surface area (Å²) in [6.45, 7) is 73.9. The van der Waals surface area contributed by atoms with Crippen molar-refractivity contribution in [3.8, 4) is 11.5 Å². The first kappa shape index (κ1) is 144. The molecule has 3 N–H and O–H groups in total. The van der Waals surface area contributed by atoms with Gasteiger partial charge < -0.3 is 82.3 Å². The maximum Gasteiger partial charge on any atom is 0.338 e. The van der Waals surface area contributed by atoms with Crippen molar-refractivity contribution < 1.29 is 157 Å². The summed E-state index contributed by atoms with van der Waals surface area (Å²) in [5.41, 5.74) is -1.05. The van der Waals surface area contributed by atoms with Gasteiger partial charge in [0.25, 0.3) is 0 Å². The second-order valence-electron chi connectivity index (χ2n) is 38.1. The van der Waals surface area contributed by atoms with Gasteiger partial charge in [-0.2, -0.15) is 0 Å². The molecule has 2 aromatic rings. The zero-order valence-corrected chi connectivity index (χ0v) is 92.5. The number of amides is 3. The monoisotopic (exact) mass is 2030 g/mol. The number of hydrogen-bond acceptors (Lipinski definition) is 33. The molecule has 0 saturated carbocycles. The van der Waals surface area contributed by atoms with E-state index in [0.29, 0.717) is 90.5 Å². The van der Waals surface area contributed by atoms with E-state index in [1.54, 1.807) is 132 Å². The van der Waals surface area contributed by atoms with E-state index < -0.39 is 79.7 Å². The summed E-state index contributed by atoms with van der Waals surface area (Å²) in [5, 5.41) is 8.26. The van der Waals surface area contributed by atoms with Crippen molar-refractivity contribution in [2.45, 2.75) is 306 Å². The molecule has 3 amide bonds. The van der Waals surface area contributed by atoms with Crippen LogP contribution in [0.25, 0.3) is 0 Å². The minimum Gasteiger partial charge on any atom is -0.463 e. The van der Waals surface area contributed by atoms with Crippen molar-refractivity contribution in [2.24, 2.45) is 49.2 Å². The summed E-state index contributed by atoms with van der Waals surface area (Å²) in [6, 6.07) is 13.3. The summed E-state index contributed by atoms with van der Waals surface area (Å²) >= 11 is 0. The summed E-state index contributed by atoms with van der Waals surface area (Å²) < 4.78 is 68.4. The van der Waals surface area contributed by atoms with Gasteiger partial charge in [-0.05, 0) is 238 Å². The fourth-order valence-corrected chi connectivity index (χ4v) is 7.63. The molecular formula is C107H173N3O33. The van der Waals surface area contributed by atoms with Gasteiger partial charge in [-0.1, -0.05) is 123 Å². The van der Waals surface area contributed by atoms with Gasteiger partial charge in [0.2, 0.25) is 17.7 Å². The Kier molecular flexibility index (Phi) is 76.1. The SMILES string of the molecule is C=C(C)C(=O)OCCOC(=O)C(C)(C)CC.C=C(C)C(=O)OCCOC(=O)C(C)(C)CC.C=C(C)C(=O)Oc1ccc(NC(=O)C(C)(C)CC)cc1.C=C(C)C(=O)Oc1ccc(NC(=O)C(C)(C)CC)cc1.CCC(C)(C)C(=O)OCCOC.CCC(C)(C)C(=O)OCCOC(=O)CC(C)=O.CCC(C)(C)C(=O)OCCOC(=O)CC(C)=O.CCC(C)(C)C(=O)OCCOC(=O)CC(C)=O.CCC(C)C(=O)NC. The Morgan fingerprint density at radius 1 is 0.280 bits per heavy atom. The quantitative estimate of drug-likeness (QED) is 0.0138. The van der Waals surface area contributed by atoms with Crippen LogP contribution in [0.4, 0.5) is 11.4 Å². The average Bonchev–Trinajstić information content (AvgIpc) is 0.855. The lowest BCUT2D eigenvalue weighted by Gasteiger charge is -2.21. The zero-order valence-electron chi connectivity index (χ0n) is 92.5. The number of anilines is 2. The maximum atomic E-state index is 12.0. The lowest BCUT2D eigenvalue weighted by molar-refractivity contribution is -0.159. The van der Waals surface area contributed by atoms with E-state index in [0.717, 1.165) is 25.7 Å². The number of ether oxygens (including phenoxy) is 14. The predicted octanol–water partition coefficient (Wildman–Crippen LogP) is 18.1. The van der Waals surface area contributed by atoms with Crippen LogP contribution in [0, 0.1) is 49.2 Å². The van der Waals surface area contributed by atoms with E-state index in [1.165, 1.54) is 20.8 Å². The first-order chi connectivity index (χ1) is 65.8. The number of ketones is 3. The molecule has 0 aliphatic rings. The van der Waals surface area contributed by atoms with Crippen LogP contribution < -0.4 is 25.4 Å². The van der Waals surface area contributed by atoms with E-state index in [4.69, 9.17) is 66.3 Å². The summed E-state index contributed by atoms with van der Waals surface area (Å²) in [4.78, 5) is 213. The number of carbonyl (C=O) groups is 19. The highest BCUT2D eigenvalue weighted by Crippen LogP contribution is 2.29. The molecule has 0 bridgehead atoms. The summed E-state index contributed by atoms with van der Waals surface area (Å²) in [7, 11) is 3.24. The number of benzene rings is 2. The minimum absolute atomic E-state index is 0.0162. The van der Waals surface area contributed by atoms with Gasteiger partial charge >= 0.3 is 77.6 Å². The van der Waals surface area contributed by atoms with Crippen LogP contribution in [-0.2, 0) is 148 Å². The van der Waals surface area contributed by atoms with Crippen LogP contribution in [0.15, 0.2) is 97.1 Å². The van der Waals surface area contributed by atoms with Crippen molar-refractivity contribution in [3.05, 3.63) is 97.1 Å². The molecule has 36 heteroatoms. The van der Waals surface area contributed by atoms with Crippen molar-refractivity contribution >= 4 is 124 Å². The van der Waals surface area contributed by atoms with Crippen LogP contribution >= 0.6 is 0 Å². The van der Waals surface area contributed by atoms with E-state index in [-0.39, 0.29) is 168 Å². The highest BCUT2D eigenvalue weighted by molar-refractivity contribution is 5.98. The van der Waals surface area contributed by atoms with Crippen LogP contribution in [-0.4, -0.2) is 206 Å². The molecule has 36 nitrogen and oxygen atoms in total. The van der Waals surface area contributed by atoms with Gasteiger partial charge in [0.1, 0.15) is 121 Å². The van der Waals surface area contributed by atoms with Crippen molar-refractivity contribution in [2.75, 3.05) is 104 Å². The predicted molar refractivity (Wildman–Crippen MR) is 545 cm³/mol. The lowest BCUT2D eigenvalue weighted by Crippen LogP contribution is -2.29. The molecule has 0 spiro atoms. The Labute approximate surface area is 850 Å². The number of carbonyl (C=O) groups excluding carboxylic acids is 19. The number of nitrogens with one attached hydrogen (secondary N) is 3. The molecule has 1 unspecified atom stereocenters. The van der Waals surface area contributed by atoms with Crippen LogP contribution in [0.2, 0.25) is 0 Å². The molecule has 143 heavy (non-hydrogen) atoms. The molecule has 1 atom stereocenters. The Morgan fingerprint density at radius 3 is 0.629 bits per heavy atom. The van der Waals surface area contributed by atoms with Crippen LogP contribution in [0.5, 0.6) is 11.5 Å². The molecule has 0 fully saturated rings. The summed E-state index contributed by atoms with van der Waals surface area (Å²) in [5.74, 6) is -4.98. The second kappa shape index (κ2) is 75.6. The molecule has 0 aliphatic heterocycles. The molecule has 0 saturated heterocycles. The van der Waals surface area contributed by atoms with E-state index in [2.05, 4.69) is 42.3 Å². The van der Waals surface area contributed by atoms with Gasteiger partial charge in [-0.25, -0.2) is 19.2 Å². The van der Waals surface area contributed by atoms with E-state index >= 15 is 0 Å². The molecule has 0 aliphatic carbocycles. The van der Waals surface area contributed by atoms with E-state index in [1.807, 2.05) is 138 Å². The Bertz CT molecular complexity index is 4070. The van der Waals surface area contributed by atoms with Crippen LogP contribution in [0.1, 0.15) is 306 Å². The molecule has 0 radical (unpaired) electrons. The lowest BCUT2D eigenvalue weighted by atomic mass is 9.89. The molecule has 814 valence electrons. The third-order valence-electron chi connectivity index (χ3n) is 21.5. The highest BCUT2D eigenvalue weighted by Gasteiger charge is 2.33. The number of esters is 13. The van der Waals surface area contributed by atoms with Crippen molar-refractivity contribution in [3.63, 3.8) is 0 Å². The van der Waals surface area contributed by atoms with Crippen molar-refractivity contribution in [1.29, 1.82) is 0 Å². The number of hydrogen-bond donors (Lipinski definition) is 3. The van der Waals surface area contributed by atoms with Crippen molar-refractivity contribution in [1.82, 2.24) is 5.32 Å². The Balaban J connectivity index is -0.000000293. The fraction of sp³-hybridized carbons (Fsp3) is 0.636. The second-order valence-corrected chi connectivity index (χ2v) is 38.1. The topological polar surface area (TPSA) is 490 Å². The number of Topliss-reactive ketones (excluding diaryl/α,β-unsaturated/α-hetero) is 3. The standard InChI is InChI=1S/2C16H21NO3.3C12H20O5.2C12H20O4.C9H18O3.C6H13NO/c2*1-6-16(4,5)15(19)17-12-7-9-13(10-8-12)20-14(18)11(2)3;3*1-5-12(3,4)11(15)17-7-6-16-10(14)8-9(2)13;2*1-6-12(4,5)11(14)16-8-7-15-10(13)9(2)3;1-5-9(2,3)8(10)12-7-6-11-4;1-4-5(2)6(8)7-3/h2*7-10H,2,6H2,1,3-5H3,(H,17,19);3*5-8H2,1-4H3;2*2,6-8H2,1,3-5H3;5-7H2,1-4H3;5H,4H2,1-3H3,(H,7,8). The smallest absolute Gasteiger partial charge is 0.338 e. The zero-order chi connectivity index (χ0) is 113. The first-order valence-corrected chi connectivity index (χ1v) is 47.7. The van der Waals surface area contributed by atoms with Gasteiger partial charge in [-0.3, -0.25) is 71.9 Å². The largest absolute Gasteiger partial charge is 0.463 e. The first-order valence-electron chi connectivity index (χ1n) is 47.7. The van der Waals surface area contributed by atoms with E-state index in [9.17, 15) is 91.1 Å². The summed E-state index contributed by atoms with van der Waals surface area (Å²) in [6.07, 6.45) is 5.94. The molecule has 0 heterocycles. The molecule has 0 aromatic heterocycles. The number of rotatable bonds is 50. The Morgan fingerprint density at radius 2 is 0.469 bits per heavy atom. The maximum absolute atomic E-state index is 12.0. The third-order valence-corrected chi connectivity index (χ3v) is 21.5. The Hall–Kier alpha value is -12.1. The van der Waals surface area contributed by atoms with Gasteiger partial charge in [0.05, 0.1) is 39.1 Å². The van der Waals surface area contributed by atoms with Gasteiger partial charge in [-0.15, -0.1) is 0 Å². The highest BCUT2D eigenvalue weighted by atomic mass is 16.6. The molecule has 2 rings (SSSR count). The fourth-order valence-electron chi connectivity index (χ4n) is 7.63. The third kappa shape index (κ3) is 71.9. The van der Waals surface area contributed by atoms with Crippen LogP contribution in [0.3, 0.4) is 0 Å². The number of methoxy groups -OCH3 is 1. The average molecular weight is 2030 g/mol. The normalized spacial score (nSPS) is 11.0. The molecule has 2 aromatic carbocycles. The molecular weight excluding hydrogens is 1860 g/mol. The minimum atomic E-state index is -0.594.